The van der Waals surface area contributed by atoms with Crippen LogP contribution in [0.5, 0.6) is 5.75 Å². The molecule has 0 saturated carbocycles. The number of rotatable bonds is 10. The Bertz CT molecular complexity index is 1440. The number of carbonyl (C=O) groups is 1. The lowest BCUT2D eigenvalue weighted by Crippen LogP contribution is -2.41. The molecule has 1 aromatic heterocycles. The van der Waals surface area contributed by atoms with Crippen LogP contribution in [-0.2, 0) is 36.5 Å². The van der Waals surface area contributed by atoms with Gasteiger partial charge in [-0.25, -0.2) is 18.6 Å². The van der Waals surface area contributed by atoms with Crippen molar-refractivity contribution >= 4 is 29.6 Å². The number of fused-ring (bicyclic) bond motifs is 1. The van der Waals surface area contributed by atoms with E-state index in [1.54, 1.807) is 19.2 Å². The third-order valence-corrected chi connectivity index (χ3v) is 8.07. The molecule has 0 spiro atoms. The van der Waals surface area contributed by atoms with Crippen molar-refractivity contribution in [1.29, 1.82) is 0 Å². The summed E-state index contributed by atoms with van der Waals surface area (Å²) < 4.78 is 66.3. The number of hydrogen-bond acceptors (Lipinski definition) is 8. The Hall–Kier alpha value is -3.06. The van der Waals surface area contributed by atoms with Gasteiger partial charge in [0.15, 0.2) is 0 Å². The minimum atomic E-state index is -1.03. The fourth-order valence-corrected chi connectivity index (χ4v) is 4.85. The molecule has 0 aliphatic carbocycles. The summed E-state index contributed by atoms with van der Waals surface area (Å²) in [7, 11) is 1.82. The first-order valence-electron chi connectivity index (χ1n) is 13.6. The van der Waals surface area contributed by atoms with Crippen molar-refractivity contribution in [3.05, 3.63) is 52.9 Å². The summed E-state index contributed by atoms with van der Waals surface area (Å²) in [6, 6.07) is 5.51. The van der Waals surface area contributed by atoms with Crippen molar-refractivity contribution in [3.63, 3.8) is 0 Å². The van der Waals surface area contributed by atoms with Crippen LogP contribution < -0.4 is 10.2 Å². The summed E-state index contributed by atoms with van der Waals surface area (Å²) >= 11 is 0. The van der Waals surface area contributed by atoms with Crippen LogP contribution in [0.4, 0.5) is 8.78 Å². The minimum absolute atomic E-state index is 0.00202. The summed E-state index contributed by atoms with van der Waals surface area (Å²) in [4.78, 5) is 17.3. The Morgan fingerprint density at radius 1 is 1.07 bits per heavy atom. The van der Waals surface area contributed by atoms with Crippen LogP contribution in [-0.4, -0.2) is 74.0 Å². The summed E-state index contributed by atoms with van der Waals surface area (Å²) in [5.41, 5.74) is 0.0817. The predicted molar refractivity (Wildman–Crippen MR) is 148 cm³/mol. The van der Waals surface area contributed by atoms with E-state index in [1.165, 1.54) is 7.11 Å². The molecule has 2 aliphatic rings. The van der Waals surface area contributed by atoms with E-state index in [4.69, 9.17) is 33.2 Å². The number of nitrogens with zero attached hydrogens (tertiary/aromatic N) is 2. The summed E-state index contributed by atoms with van der Waals surface area (Å²) in [6.45, 7) is 9.03. The largest absolute Gasteiger partial charge is 0.497 e. The number of ether oxygens (including phenoxy) is 4. The highest BCUT2D eigenvalue weighted by Crippen LogP contribution is 2.37. The minimum Gasteiger partial charge on any atom is -0.489 e. The van der Waals surface area contributed by atoms with Gasteiger partial charge in [0.2, 0.25) is 0 Å². The van der Waals surface area contributed by atoms with Crippen molar-refractivity contribution in [2.24, 2.45) is 0 Å². The third-order valence-electron chi connectivity index (χ3n) is 8.07. The molecule has 0 amide bonds. The molecule has 0 radical (unpaired) electrons. The molecule has 220 valence electrons. The van der Waals surface area contributed by atoms with Gasteiger partial charge in [-0.15, -0.1) is 0 Å². The quantitative estimate of drug-likeness (QED) is 0.206. The maximum Gasteiger partial charge on any atom is 0.497 e. The van der Waals surface area contributed by atoms with Gasteiger partial charge in [-0.05, 0) is 63.9 Å². The zero-order valence-electron chi connectivity index (χ0n) is 24.2. The van der Waals surface area contributed by atoms with E-state index < -0.39 is 35.9 Å². The molecular formula is C29H35BF2N2O7. The maximum atomic E-state index is 15.5. The molecular weight excluding hydrogens is 537 g/mol. The number of esters is 1. The average Bonchev–Trinajstić information content (AvgIpc) is 3.34. The normalized spacial score (nSPS) is 19.4. The highest BCUT2D eigenvalue weighted by molar-refractivity contribution is 6.62. The molecule has 0 unspecified atom stereocenters. The second kappa shape index (κ2) is 11.3. The summed E-state index contributed by atoms with van der Waals surface area (Å²) in [5, 5.41) is 0. The number of benzene rings is 2. The SMILES string of the molecule is COCCOc1cc(C(=O)OC)cc2c1nc(Cc1cc(F)c(B3OC(C)(C)C(C)(C)O3)cc1F)n2C[C@@H]1CCO1. The molecule has 3 heterocycles. The molecule has 0 N–H and O–H groups in total. The van der Waals surface area contributed by atoms with Crippen molar-refractivity contribution in [3.8, 4) is 5.75 Å². The van der Waals surface area contributed by atoms with Gasteiger partial charge in [0.1, 0.15) is 35.3 Å². The Kier molecular flexibility index (Phi) is 8.13. The third kappa shape index (κ3) is 5.70. The van der Waals surface area contributed by atoms with Crippen LogP contribution in [0.3, 0.4) is 0 Å². The summed E-state index contributed by atoms with van der Waals surface area (Å²) in [6.07, 6.45) is 0.760. The van der Waals surface area contributed by atoms with Gasteiger partial charge in [0, 0.05) is 25.6 Å². The Morgan fingerprint density at radius 2 is 1.78 bits per heavy atom. The molecule has 2 aliphatic heterocycles. The standard InChI is InChI=1S/C29H35BF2N2O7/c1-28(2)29(3,4)41-30(40-28)20-15-21(31)17(11-22(20)32)14-25-33-26-23(34(25)16-19-7-8-38-19)12-18(27(35)37-6)13-24(26)39-10-9-36-5/h11-13,15,19H,7-10,14,16H2,1-6H3/t19-/m0/s1. The molecule has 3 aromatic rings. The predicted octanol–water partition coefficient (Wildman–Crippen LogP) is 3.81. The Balaban J connectivity index is 1.54. The van der Waals surface area contributed by atoms with Gasteiger partial charge in [0.05, 0.1) is 48.6 Å². The molecule has 0 bridgehead atoms. The Labute approximate surface area is 238 Å². The van der Waals surface area contributed by atoms with E-state index in [1.807, 2.05) is 32.3 Å². The molecule has 2 saturated heterocycles. The van der Waals surface area contributed by atoms with Gasteiger partial charge < -0.3 is 32.8 Å². The maximum absolute atomic E-state index is 15.5. The van der Waals surface area contributed by atoms with E-state index >= 15 is 8.78 Å². The van der Waals surface area contributed by atoms with Gasteiger partial charge in [-0.3, -0.25) is 0 Å². The van der Waals surface area contributed by atoms with E-state index in [0.717, 1.165) is 18.6 Å². The number of halogens is 2. The topological polar surface area (TPSA) is 90.3 Å². The Morgan fingerprint density at radius 3 is 2.39 bits per heavy atom. The first-order chi connectivity index (χ1) is 19.4. The van der Waals surface area contributed by atoms with Crippen LogP contribution in [0.15, 0.2) is 24.3 Å². The van der Waals surface area contributed by atoms with Crippen LogP contribution in [0.25, 0.3) is 11.0 Å². The first-order valence-corrected chi connectivity index (χ1v) is 13.6. The second-order valence-corrected chi connectivity index (χ2v) is 11.3. The molecule has 2 fully saturated rings. The van der Waals surface area contributed by atoms with E-state index in [0.29, 0.717) is 42.4 Å². The number of carbonyl (C=O) groups excluding carboxylic acids is 1. The van der Waals surface area contributed by atoms with Crippen LogP contribution >= 0.6 is 0 Å². The fraction of sp³-hybridized carbons (Fsp3) is 0.517. The average molecular weight is 572 g/mol. The van der Waals surface area contributed by atoms with Crippen molar-refractivity contribution in [1.82, 2.24) is 9.55 Å². The van der Waals surface area contributed by atoms with E-state index in [2.05, 4.69) is 0 Å². The van der Waals surface area contributed by atoms with Gasteiger partial charge in [0.25, 0.3) is 0 Å². The number of imidazole rings is 1. The number of aromatic nitrogens is 2. The molecule has 1 atom stereocenters. The zero-order chi connectivity index (χ0) is 29.5. The first kappa shape index (κ1) is 29.4. The van der Waals surface area contributed by atoms with Crippen LogP contribution in [0.1, 0.15) is 55.9 Å². The molecule has 5 rings (SSSR count). The van der Waals surface area contributed by atoms with Gasteiger partial charge in [-0.1, -0.05) is 0 Å². The highest BCUT2D eigenvalue weighted by Gasteiger charge is 2.52. The van der Waals surface area contributed by atoms with Gasteiger partial charge >= 0.3 is 13.1 Å². The molecule has 2 aromatic carbocycles. The smallest absolute Gasteiger partial charge is 0.489 e. The second-order valence-electron chi connectivity index (χ2n) is 11.3. The molecule has 9 nitrogen and oxygen atoms in total. The van der Waals surface area contributed by atoms with Crippen LogP contribution in [0, 0.1) is 11.6 Å². The lowest BCUT2D eigenvalue weighted by molar-refractivity contribution is -0.0589. The number of hydrogen-bond donors (Lipinski definition) is 0. The molecule has 41 heavy (non-hydrogen) atoms. The van der Waals surface area contributed by atoms with E-state index in [9.17, 15) is 4.79 Å². The van der Waals surface area contributed by atoms with Crippen LogP contribution in [0.2, 0.25) is 0 Å². The van der Waals surface area contributed by atoms with Crippen molar-refractivity contribution in [2.75, 3.05) is 34.0 Å². The van der Waals surface area contributed by atoms with Crippen molar-refractivity contribution in [2.45, 2.75) is 64.4 Å². The summed E-state index contributed by atoms with van der Waals surface area (Å²) in [5.74, 6) is -0.958. The molecule has 12 heteroatoms. The zero-order valence-corrected chi connectivity index (χ0v) is 24.2. The fourth-order valence-electron chi connectivity index (χ4n) is 4.85. The lowest BCUT2D eigenvalue weighted by atomic mass is 9.78. The lowest BCUT2D eigenvalue weighted by Gasteiger charge is -2.32. The number of methoxy groups -OCH3 is 2. The monoisotopic (exact) mass is 572 g/mol. The van der Waals surface area contributed by atoms with Gasteiger partial charge in [-0.2, -0.15) is 0 Å². The van der Waals surface area contributed by atoms with E-state index in [-0.39, 0.29) is 35.7 Å². The van der Waals surface area contributed by atoms with Crippen molar-refractivity contribution < 1.29 is 41.8 Å². The highest BCUT2D eigenvalue weighted by atomic mass is 19.1.